The van der Waals surface area contributed by atoms with Crippen LogP contribution >= 0.6 is 15.6 Å². The molecule has 17 nitrogen and oxygen atoms in total. The lowest BCUT2D eigenvalue weighted by molar-refractivity contribution is -0.161. The molecule has 0 spiro atoms. The molecule has 0 fully saturated rings. The van der Waals surface area contributed by atoms with E-state index in [1.807, 2.05) is 0 Å². The van der Waals surface area contributed by atoms with Crippen molar-refractivity contribution in [1.82, 2.24) is 0 Å². The van der Waals surface area contributed by atoms with Crippen molar-refractivity contribution < 1.29 is 80.2 Å². The molecule has 6 atom stereocenters. The molecule has 105 heavy (non-hydrogen) atoms. The molecule has 0 aliphatic heterocycles. The minimum Gasteiger partial charge on any atom is -0.462 e. The number of rotatable bonds is 83. The molecule has 0 aromatic carbocycles. The first kappa shape index (κ1) is 103. The van der Waals surface area contributed by atoms with E-state index in [1.165, 1.54) is 238 Å². The van der Waals surface area contributed by atoms with Crippen LogP contribution in [0, 0.1) is 11.8 Å². The predicted molar refractivity (Wildman–Crippen MR) is 432 cm³/mol. The van der Waals surface area contributed by atoms with Crippen LogP contribution in [0.4, 0.5) is 0 Å². The molecule has 0 saturated carbocycles. The maximum atomic E-state index is 13.1. The Morgan fingerprint density at radius 1 is 0.314 bits per heavy atom. The van der Waals surface area contributed by atoms with Gasteiger partial charge in [-0.05, 0) is 63.2 Å². The number of unbranched alkanes of at least 4 members (excludes halogenated alkanes) is 49. The Bertz CT molecular complexity index is 2110. The molecular weight excluding hydrogens is 1370 g/mol. The number of aliphatic hydroxyl groups is 1. The molecule has 0 saturated heterocycles. The van der Waals surface area contributed by atoms with Crippen LogP contribution in [0.1, 0.15) is 433 Å². The van der Waals surface area contributed by atoms with E-state index in [9.17, 15) is 43.2 Å². The van der Waals surface area contributed by atoms with Crippen LogP contribution < -0.4 is 0 Å². The molecule has 0 aliphatic carbocycles. The Balaban J connectivity index is 5.29. The zero-order chi connectivity index (χ0) is 77.1. The van der Waals surface area contributed by atoms with Gasteiger partial charge in [-0.2, -0.15) is 0 Å². The number of esters is 4. The van der Waals surface area contributed by atoms with Crippen LogP contribution in [0.5, 0.6) is 0 Å². The number of carbonyl (C=O) groups is 4. The van der Waals surface area contributed by atoms with E-state index in [0.717, 1.165) is 115 Å². The van der Waals surface area contributed by atoms with Crippen LogP contribution in [0.15, 0.2) is 24.3 Å². The fourth-order valence-corrected chi connectivity index (χ4v) is 14.4. The van der Waals surface area contributed by atoms with Crippen LogP contribution in [0.3, 0.4) is 0 Å². The lowest BCUT2D eigenvalue weighted by Crippen LogP contribution is -2.30. The molecule has 0 amide bonds. The second-order valence-electron chi connectivity index (χ2n) is 31.0. The van der Waals surface area contributed by atoms with Gasteiger partial charge in [0.15, 0.2) is 12.2 Å². The first-order chi connectivity index (χ1) is 50.9. The molecule has 0 heterocycles. The van der Waals surface area contributed by atoms with E-state index in [-0.39, 0.29) is 25.7 Å². The summed E-state index contributed by atoms with van der Waals surface area (Å²) in [7, 11) is -9.94. The summed E-state index contributed by atoms with van der Waals surface area (Å²) in [4.78, 5) is 73.2. The van der Waals surface area contributed by atoms with Crippen molar-refractivity contribution in [3.05, 3.63) is 24.3 Å². The summed E-state index contributed by atoms with van der Waals surface area (Å²) in [5.74, 6) is -0.551. The van der Waals surface area contributed by atoms with Gasteiger partial charge < -0.3 is 33.8 Å². The molecule has 19 heteroatoms. The van der Waals surface area contributed by atoms with Gasteiger partial charge in [0.2, 0.25) is 0 Å². The van der Waals surface area contributed by atoms with Gasteiger partial charge in [-0.25, -0.2) is 9.13 Å². The highest BCUT2D eigenvalue weighted by molar-refractivity contribution is 7.47. The molecule has 620 valence electrons. The third-order valence-electron chi connectivity index (χ3n) is 19.9. The van der Waals surface area contributed by atoms with Gasteiger partial charge in [-0.15, -0.1) is 0 Å². The van der Waals surface area contributed by atoms with Gasteiger partial charge in [0.25, 0.3) is 0 Å². The molecule has 0 bridgehead atoms. The van der Waals surface area contributed by atoms with Crippen molar-refractivity contribution >= 4 is 39.5 Å². The van der Waals surface area contributed by atoms with E-state index < -0.39 is 97.5 Å². The van der Waals surface area contributed by atoms with E-state index >= 15 is 0 Å². The quantitative estimate of drug-likeness (QED) is 0.0169. The number of phosphoric acid groups is 2. The van der Waals surface area contributed by atoms with Crippen LogP contribution in [-0.2, 0) is 65.4 Å². The van der Waals surface area contributed by atoms with Crippen molar-refractivity contribution in [1.29, 1.82) is 0 Å². The number of hydrogen-bond donors (Lipinski definition) is 3. The molecule has 3 N–H and O–H groups in total. The van der Waals surface area contributed by atoms with Gasteiger partial charge in [-0.3, -0.25) is 37.3 Å². The maximum Gasteiger partial charge on any atom is 0.472 e. The average Bonchev–Trinajstić information content (AvgIpc) is 0.915. The smallest absolute Gasteiger partial charge is 0.462 e. The van der Waals surface area contributed by atoms with Gasteiger partial charge in [0, 0.05) is 25.7 Å². The Labute approximate surface area is 643 Å². The average molecular weight is 1530 g/mol. The summed E-state index contributed by atoms with van der Waals surface area (Å²) in [6.07, 6.45) is 71.6. The third kappa shape index (κ3) is 78.0. The number of phosphoric ester groups is 2. The van der Waals surface area contributed by atoms with Gasteiger partial charge in [0.1, 0.15) is 19.3 Å². The zero-order valence-electron chi connectivity index (χ0n) is 68.5. The van der Waals surface area contributed by atoms with Crippen molar-refractivity contribution in [2.24, 2.45) is 11.8 Å². The minimum atomic E-state index is -4.97. The topological polar surface area (TPSA) is 237 Å². The fourth-order valence-electron chi connectivity index (χ4n) is 12.8. The second kappa shape index (κ2) is 76.9. The summed E-state index contributed by atoms with van der Waals surface area (Å²) < 4.78 is 68.9. The summed E-state index contributed by atoms with van der Waals surface area (Å²) in [6, 6.07) is 0. The van der Waals surface area contributed by atoms with Crippen molar-refractivity contribution in [3.63, 3.8) is 0 Å². The summed E-state index contributed by atoms with van der Waals surface area (Å²) >= 11 is 0. The molecule has 0 aromatic rings. The first-order valence-electron chi connectivity index (χ1n) is 43.8. The number of ether oxygens (including phenoxy) is 4. The van der Waals surface area contributed by atoms with Crippen molar-refractivity contribution in [2.75, 3.05) is 39.6 Å². The zero-order valence-corrected chi connectivity index (χ0v) is 70.3. The molecular formula is C86H164O17P2. The van der Waals surface area contributed by atoms with Gasteiger partial charge >= 0.3 is 39.5 Å². The van der Waals surface area contributed by atoms with Crippen LogP contribution in [0.2, 0.25) is 0 Å². The third-order valence-corrected chi connectivity index (χ3v) is 21.8. The second-order valence-corrected chi connectivity index (χ2v) is 33.9. The molecule has 0 rings (SSSR count). The number of carbonyl (C=O) groups excluding carboxylic acids is 4. The molecule has 0 radical (unpaired) electrons. The lowest BCUT2D eigenvalue weighted by Gasteiger charge is -2.21. The monoisotopic (exact) mass is 1530 g/mol. The van der Waals surface area contributed by atoms with E-state index in [0.29, 0.717) is 25.7 Å². The molecule has 3 unspecified atom stereocenters. The first-order valence-corrected chi connectivity index (χ1v) is 46.8. The largest absolute Gasteiger partial charge is 0.472 e. The molecule has 0 aliphatic rings. The summed E-state index contributed by atoms with van der Waals surface area (Å²) in [5.41, 5.74) is 0. The highest BCUT2D eigenvalue weighted by Crippen LogP contribution is 2.45. The Morgan fingerprint density at radius 2 is 0.562 bits per heavy atom. The highest BCUT2D eigenvalue weighted by Gasteiger charge is 2.30. The van der Waals surface area contributed by atoms with Crippen molar-refractivity contribution in [3.8, 4) is 0 Å². The minimum absolute atomic E-state index is 0.0849. The standard InChI is InChI=1S/C86H164O17P2/c1-7-10-12-14-16-18-20-22-24-25-26-27-32-35-39-43-50-56-62-68-83(88)96-74-81(102-85(90)71-65-59-53-45-41-37-33-29-28-31-34-38-42-48-54-60-66-78(4)5)76-100-104(92,93)98-72-80(87)73-99-105(94,95)101-77-82(75-97-84(89)69-63-57-51-47-46-49-55-61-67-79(6)9-3)103-86(91)70-64-58-52-44-40-36-30-23-21-19-17-15-13-11-8-2/h19,21,23,30,78-82,87H,7-18,20,22,24-29,31-77H2,1-6H3,(H,92,93)(H,94,95)/b21-19-,30-23-/t79?,80-,81-,82-/m1/s1. The van der Waals surface area contributed by atoms with E-state index in [4.69, 9.17) is 37.0 Å². The molecule has 0 aromatic heterocycles. The maximum absolute atomic E-state index is 13.1. The van der Waals surface area contributed by atoms with Gasteiger partial charge in [-0.1, -0.05) is 380 Å². The fraction of sp³-hybridized carbons (Fsp3) is 0.907. The lowest BCUT2D eigenvalue weighted by atomic mass is 9.99. The van der Waals surface area contributed by atoms with E-state index in [2.05, 4.69) is 65.8 Å². The Morgan fingerprint density at radius 3 is 0.857 bits per heavy atom. The van der Waals surface area contributed by atoms with Gasteiger partial charge in [0.05, 0.1) is 26.4 Å². The normalized spacial score (nSPS) is 14.2. The highest BCUT2D eigenvalue weighted by atomic mass is 31.2. The SMILES string of the molecule is CCCCCC/C=C\C=C/CCCCCCCC(=O)O[C@H](COC(=O)CCCCCCCCCCC(C)CC)COP(=O)(O)OC[C@H](O)COP(=O)(O)OC[C@@H](COC(=O)CCCCCCCCCCCCCCCCCCCCC)OC(=O)CCCCCCCCCCCCCCCCCCC(C)C. The van der Waals surface area contributed by atoms with Crippen molar-refractivity contribution in [2.45, 2.75) is 452 Å². The Hall–Kier alpha value is -2.46. The summed E-state index contributed by atoms with van der Waals surface area (Å²) in [6.45, 7) is 9.63. The predicted octanol–water partition coefficient (Wildman–Crippen LogP) is 25.8. The Kier molecular flexibility index (Phi) is 75.1. The number of aliphatic hydroxyl groups excluding tert-OH is 1. The number of allylic oxidation sites excluding steroid dienone is 4. The van der Waals surface area contributed by atoms with Crippen LogP contribution in [-0.4, -0.2) is 96.7 Å². The van der Waals surface area contributed by atoms with E-state index in [1.54, 1.807) is 0 Å². The van der Waals surface area contributed by atoms with Crippen LogP contribution in [0.25, 0.3) is 0 Å². The number of hydrogen-bond acceptors (Lipinski definition) is 15. The summed E-state index contributed by atoms with van der Waals surface area (Å²) in [5, 5.41) is 10.7.